The van der Waals surface area contributed by atoms with Crippen LogP contribution in [0.15, 0.2) is 74.8 Å². The van der Waals surface area contributed by atoms with E-state index in [2.05, 4.69) is 20.6 Å². The summed E-state index contributed by atoms with van der Waals surface area (Å²) in [6.45, 7) is 0. The van der Waals surface area contributed by atoms with Gasteiger partial charge in [-0.3, -0.25) is 4.79 Å². The molecule has 4 heterocycles. The lowest BCUT2D eigenvalue weighted by Gasteiger charge is -2.19. The van der Waals surface area contributed by atoms with Crippen LogP contribution in [0.2, 0.25) is 0 Å². The van der Waals surface area contributed by atoms with Crippen molar-refractivity contribution in [2.75, 3.05) is 5.75 Å². The zero-order valence-electron chi connectivity index (χ0n) is 16.0. The van der Waals surface area contributed by atoms with Gasteiger partial charge >= 0.3 is 0 Å². The summed E-state index contributed by atoms with van der Waals surface area (Å²) in [7, 11) is 0. The Morgan fingerprint density at radius 3 is 2.97 bits per heavy atom. The van der Waals surface area contributed by atoms with Crippen molar-refractivity contribution < 1.29 is 13.6 Å². The van der Waals surface area contributed by atoms with Gasteiger partial charge in [-0.2, -0.15) is 9.78 Å². The minimum atomic E-state index is -0.395. The molecule has 1 aromatic carbocycles. The number of hydrogen-bond donors (Lipinski definition) is 0. The van der Waals surface area contributed by atoms with Gasteiger partial charge < -0.3 is 4.42 Å². The summed E-state index contributed by atoms with van der Waals surface area (Å²) in [5, 5.41) is 20.0. The molecule has 8 nitrogen and oxygen atoms in total. The number of halogens is 1. The third kappa shape index (κ3) is 4.01. The van der Waals surface area contributed by atoms with E-state index in [1.54, 1.807) is 35.8 Å². The number of rotatable bonds is 6. The Balaban J connectivity index is 1.35. The maximum absolute atomic E-state index is 13.6. The highest BCUT2D eigenvalue weighted by molar-refractivity contribution is 7.99. The fourth-order valence-electron chi connectivity index (χ4n) is 3.27. The first kappa shape index (κ1) is 19.6. The lowest BCUT2D eigenvalue weighted by molar-refractivity contribution is -0.130. The van der Waals surface area contributed by atoms with Gasteiger partial charge in [0.05, 0.1) is 28.3 Å². The monoisotopic (exact) mass is 454 g/mol. The van der Waals surface area contributed by atoms with E-state index in [0.717, 1.165) is 22.4 Å². The third-order valence-corrected chi connectivity index (χ3v) is 6.48. The maximum atomic E-state index is 13.6. The van der Waals surface area contributed by atoms with Crippen molar-refractivity contribution in [3.05, 3.63) is 76.6 Å². The van der Waals surface area contributed by atoms with Gasteiger partial charge in [-0.25, -0.2) is 9.40 Å². The van der Waals surface area contributed by atoms with E-state index in [4.69, 9.17) is 4.42 Å². The molecular formula is C20H15FN6O2S2. The van der Waals surface area contributed by atoms with E-state index in [1.807, 2.05) is 23.6 Å². The van der Waals surface area contributed by atoms with Crippen molar-refractivity contribution in [1.82, 2.24) is 25.2 Å². The first-order chi connectivity index (χ1) is 15.2. The molecule has 0 bridgehead atoms. The molecule has 0 radical (unpaired) electrons. The maximum Gasteiger partial charge on any atom is 0.253 e. The van der Waals surface area contributed by atoms with Crippen LogP contribution < -0.4 is 0 Å². The average molecular weight is 455 g/mol. The van der Waals surface area contributed by atoms with Crippen molar-refractivity contribution in [1.29, 1.82) is 0 Å². The fourth-order valence-corrected chi connectivity index (χ4v) is 4.73. The predicted molar refractivity (Wildman–Crippen MR) is 114 cm³/mol. The number of aromatic nitrogens is 4. The predicted octanol–water partition coefficient (Wildman–Crippen LogP) is 3.93. The van der Waals surface area contributed by atoms with E-state index in [1.165, 1.54) is 21.8 Å². The molecule has 0 N–H and O–H groups in total. The second-order valence-electron chi connectivity index (χ2n) is 6.64. The number of hydrogen-bond acceptors (Lipinski definition) is 8. The second kappa shape index (κ2) is 8.44. The van der Waals surface area contributed by atoms with Gasteiger partial charge in [-0.15, -0.1) is 16.4 Å². The van der Waals surface area contributed by atoms with Crippen molar-refractivity contribution in [2.45, 2.75) is 17.6 Å². The Kier molecular flexibility index (Phi) is 5.35. The van der Waals surface area contributed by atoms with Gasteiger partial charge in [0.1, 0.15) is 17.6 Å². The number of benzene rings is 1. The lowest BCUT2D eigenvalue weighted by Crippen LogP contribution is -2.28. The summed E-state index contributed by atoms with van der Waals surface area (Å²) < 4.78 is 20.5. The molecule has 4 aromatic rings. The van der Waals surface area contributed by atoms with Crippen molar-refractivity contribution in [3.8, 4) is 5.69 Å². The topological polar surface area (TPSA) is 89.4 Å². The molecule has 0 aliphatic carbocycles. The highest BCUT2D eigenvalue weighted by Gasteiger charge is 2.35. The minimum absolute atomic E-state index is 0.0636. The van der Waals surface area contributed by atoms with Gasteiger partial charge in [0.25, 0.3) is 5.91 Å². The Morgan fingerprint density at radius 1 is 1.26 bits per heavy atom. The molecule has 1 amide bonds. The van der Waals surface area contributed by atoms with Gasteiger partial charge in [0.2, 0.25) is 5.16 Å². The molecule has 0 fully saturated rings. The molecule has 5 rings (SSSR count). The number of nitrogens with zero attached hydrogens (tertiary/aromatic N) is 6. The summed E-state index contributed by atoms with van der Waals surface area (Å²) in [5.74, 6) is 0.146. The zero-order chi connectivity index (χ0) is 21.2. The Morgan fingerprint density at radius 2 is 2.19 bits per heavy atom. The molecule has 156 valence electrons. The van der Waals surface area contributed by atoms with Gasteiger partial charge in [-0.1, -0.05) is 23.9 Å². The molecule has 11 heteroatoms. The summed E-state index contributed by atoms with van der Waals surface area (Å²) in [4.78, 5) is 14.1. The Bertz CT molecular complexity index is 1220. The molecule has 3 aromatic heterocycles. The number of hydrazone groups is 1. The van der Waals surface area contributed by atoms with E-state index in [9.17, 15) is 9.18 Å². The van der Waals surface area contributed by atoms with Gasteiger partial charge in [-0.05, 0) is 52.2 Å². The first-order valence-electron chi connectivity index (χ1n) is 9.33. The van der Waals surface area contributed by atoms with Crippen molar-refractivity contribution in [2.24, 2.45) is 5.10 Å². The number of thioether (sulfide) groups is 1. The number of carbonyl (C=O) groups is 1. The number of furan rings is 1. The van der Waals surface area contributed by atoms with Crippen LogP contribution in [0.1, 0.15) is 23.1 Å². The van der Waals surface area contributed by atoms with Crippen LogP contribution in [0.4, 0.5) is 4.39 Å². The second-order valence-corrected chi connectivity index (χ2v) is 8.53. The molecule has 31 heavy (non-hydrogen) atoms. The normalized spacial score (nSPS) is 16.0. The molecule has 0 unspecified atom stereocenters. The summed E-state index contributed by atoms with van der Waals surface area (Å²) in [6.07, 6.45) is 2.16. The first-order valence-corrected chi connectivity index (χ1v) is 11.2. The van der Waals surface area contributed by atoms with E-state index in [0.29, 0.717) is 23.0 Å². The van der Waals surface area contributed by atoms with Crippen LogP contribution in [0, 0.1) is 5.82 Å². The summed E-state index contributed by atoms with van der Waals surface area (Å²) in [6, 6.07) is 13.2. The third-order valence-electron chi connectivity index (χ3n) is 4.66. The Hall–Kier alpha value is -3.31. The van der Waals surface area contributed by atoms with Crippen molar-refractivity contribution >= 4 is 34.7 Å². The van der Waals surface area contributed by atoms with Crippen LogP contribution in [-0.2, 0) is 4.79 Å². The zero-order valence-corrected chi connectivity index (χ0v) is 17.6. The molecule has 0 saturated heterocycles. The van der Waals surface area contributed by atoms with Crippen LogP contribution in [0.5, 0.6) is 0 Å². The van der Waals surface area contributed by atoms with Gasteiger partial charge in [0.15, 0.2) is 0 Å². The number of thiophene rings is 1. The van der Waals surface area contributed by atoms with Crippen LogP contribution >= 0.6 is 23.1 Å². The largest absolute Gasteiger partial charge is 0.467 e. The molecule has 1 aliphatic rings. The number of carbonyl (C=O) groups excluding carboxylic acids is 1. The minimum Gasteiger partial charge on any atom is -0.467 e. The highest BCUT2D eigenvalue weighted by atomic mass is 32.2. The molecule has 1 aliphatic heterocycles. The van der Waals surface area contributed by atoms with E-state index in [-0.39, 0.29) is 17.7 Å². The SMILES string of the molecule is O=C(CSc1nnnn1-c1cccc(F)c1)N1N=C(c2cccs2)C[C@H]1c1ccco1. The van der Waals surface area contributed by atoms with Crippen LogP contribution in [0.25, 0.3) is 5.69 Å². The fraction of sp³-hybridized carbons (Fsp3) is 0.150. The summed E-state index contributed by atoms with van der Waals surface area (Å²) >= 11 is 2.74. The lowest BCUT2D eigenvalue weighted by atomic mass is 10.1. The van der Waals surface area contributed by atoms with E-state index < -0.39 is 5.82 Å². The molecule has 0 saturated carbocycles. The smallest absolute Gasteiger partial charge is 0.253 e. The van der Waals surface area contributed by atoms with Crippen molar-refractivity contribution in [3.63, 3.8) is 0 Å². The summed E-state index contributed by atoms with van der Waals surface area (Å²) in [5.41, 5.74) is 1.33. The number of tetrazole rings is 1. The van der Waals surface area contributed by atoms with Crippen LogP contribution in [0.3, 0.4) is 0 Å². The number of amides is 1. The Labute approximate surface area is 184 Å². The molecule has 0 spiro atoms. The van der Waals surface area contributed by atoms with Gasteiger partial charge in [0, 0.05) is 6.42 Å². The van der Waals surface area contributed by atoms with E-state index >= 15 is 0 Å². The molecule has 1 atom stereocenters. The highest BCUT2D eigenvalue weighted by Crippen LogP contribution is 2.34. The average Bonchev–Trinajstić information content (AvgIpc) is 3.56. The quantitative estimate of drug-likeness (QED) is 0.410. The van der Waals surface area contributed by atoms with Crippen LogP contribution in [-0.4, -0.2) is 42.6 Å². The molecular weight excluding hydrogens is 439 g/mol. The standard InChI is InChI=1S/C20H15FN6O2S2/c21-13-4-1-5-14(10-13)26-20(22-24-25-26)31-12-19(28)27-16(17-6-2-8-29-17)11-15(23-27)18-7-3-9-30-18/h1-10,16H,11-12H2/t16-/m0/s1.